The molecule has 1 aromatic heterocycles. The van der Waals surface area contributed by atoms with Gasteiger partial charge in [-0.2, -0.15) is 0 Å². The third kappa shape index (κ3) is 1.88. The maximum Gasteiger partial charge on any atom is 0.182 e. The van der Waals surface area contributed by atoms with Gasteiger partial charge in [0.05, 0.1) is 19.0 Å². The highest BCUT2D eigenvalue weighted by atomic mass is 16.5. The molecule has 0 unspecified atom stereocenters. The van der Waals surface area contributed by atoms with Crippen LogP contribution in [0, 0.1) is 5.92 Å². The number of rotatable bonds is 2. The number of allylic oxidation sites excluding steroid dienone is 1. The molecule has 0 atom stereocenters. The minimum Gasteiger partial charge on any atom is -0.495 e. The molecule has 94 valence electrons. The number of aromatic nitrogens is 1. The quantitative estimate of drug-likeness (QED) is 0.743. The molecule has 0 N–H and O–H groups in total. The van der Waals surface area contributed by atoms with E-state index >= 15 is 0 Å². The van der Waals surface area contributed by atoms with Crippen molar-refractivity contribution in [2.75, 3.05) is 20.2 Å². The Morgan fingerprint density at radius 3 is 2.83 bits per heavy atom. The van der Waals surface area contributed by atoms with Crippen LogP contribution in [0.4, 0.5) is 0 Å². The van der Waals surface area contributed by atoms with Gasteiger partial charge in [0, 0.05) is 25.2 Å². The molecule has 1 aromatic rings. The summed E-state index contributed by atoms with van der Waals surface area (Å²) >= 11 is 0. The fourth-order valence-corrected chi connectivity index (χ4v) is 2.69. The van der Waals surface area contributed by atoms with Crippen LogP contribution in [0.5, 0.6) is 5.75 Å². The Balaban J connectivity index is 1.93. The van der Waals surface area contributed by atoms with Gasteiger partial charge in [-0.25, -0.2) is 0 Å². The minimum absolute atomic E-state index is 0.236. The van der Waals surface area contributed by atoms with E-state index in [9.17, 15) is 4.79 Å². The molecule has 4 nitrogen and oxygen atoms in total. The zero-order chi connectivity index (χ0) is 12.5. The summed E-state index contributed by atoms with van der Waals surface area (Å²) in [5.74, 6) is 1.24. The number of piperidine rings is 3. The first-order valence-electron chi connectivity index (χ1n) is 6.28. The van der Waals surface area contributed by atoms with Crippen LogP contribution < -0.4 is 4.74 Å². The van der Waals surface area contributed by atoms with Crippen molar-refractivity contribution in [1.82, 2.24) is 9.88 Å². The van der Waals surface area contributed by atoms with E-state index < -0.39 is 0 Å². The lowest BCUT2D eigenvalue weighted by Crippen LogP contribution is -2.45. The van der Waals surface area contributed by atoms with E-state index in [0.717, 1.165) is 37.2 Å². The number of methoxy groups -OCH3 is 1. The van der Waals surface area contributed by atoms with Crippen LogP contribution in [-0.4, -0.2) is 35.9 Å². The molecule has 2 bridgehead atoms. The molecule has 4 heteroatoms. The number of pyridine rings is 1. The van der Waals surface area contributed by atoms with Crippen molar-refractivity contribution in [2.24, 2.45) is 5.92 Å². The average Bonchev–Trinajstić information content (AvgIpc) is 2.43. The van der Waals surface area contributed by atoms with E-state index in [-0.39, 0.29) is 11.7 Å². The van der Waals surface area contributed by atoms with E-state index in [1.807, 2.05) is 12.1 Å². The molecule has 0 amide bonds. The van der Waals surface area contributed by atoms with Crippen molar-refractivity contribution in [3.63, 3.8) is 0 Å². The summed E-state index contributed by atoms with van der Waals surface area (Å²) in [5.41, 5.74) is 1.76. The van der Waals surface area contributed by atoms with Gasteiger partial charge in [-0.1, -0.05) is 0 Å². The van der Waals surface area contributed by atoms with Gasteiger partial charge in [0.2, 0.25) is 0 Å². The smallest absolute Gasteiger partial charge is 0.182 e. The lowest BCUT2D eigenvalue weighted by atomic mass is 9.84. The highest BCUT2D eigenvalue weighted by molar-refractivity contribution is 6.01. The van der Waals surface area contributed by atoms with E-state index in [4.69, 9.17) is 4.74 Å². The minimum atomic E-state index is 0.236. The summed E-state index contributed by atoms with van der Waals surface area (Å²) in [7, 11) is 1.62. The number of ether oxygens (including phenoxy) is 1. The van der Waals surface area contributed by atoms with Crippen molar-refractivity contribution >= 4 is 11.9 Å². The third-order valence-electron chi connectivity index (χ3n) is 3.73. The predicted molar refractivity (Wildman–Crippen MR) is 68.1 cm³/mol. The van der Waals surface area contributed by atoms with E-state index in [0.29, 0.717) is 5.75 Å². The Kier molecular flexibility index (Phi) is 2.78. The summed E-state index contributed by atoms with van der Waals surface area (Å²) in [6, 6.07) is 1.90. The van der Waals surface area contributed by atoms with Crippen molar-refractivity contribution in [3.8, 4) is 5.75 Å². The van der Waals surface area contributed by atoms with E-state index in [1.165, 1.54) is 0 Å². The standard InChI is InChI=1S/C14H16N2O2/c1-18-12-6-10(8-15-9-12)7-13-14(17)11-2-4-16(13)5-3-11/h6-9,11H,2-5H2,1H3. The second kappa shape index (κ2) is 4.44. The number of fused-ring (bicyclic) bond motifs is 3. The van der Waals surface area contributed by atoms with Gasteiger partial charge in [-0.15, -0.1) is 0 Å². The van der Waals surface area contributed by atoms with Crippen LogP contribution >= 0.6 is 0 Å². The Bertz CT molecular complexity index is 502. The number of hydrogen-bond donors (Lipinski definition) is 0. The molecule has 0 aliphatic carbocycles. The topological polar surface area (TPSA) is 42.4 Å². The molecule has 0 saturated carbocycles. The van der Waals surface area contributed by atoms with Crippen LogP contribution in [0.3, 0.4) is 0 Å². The van der Waals surface area contributed by atoms with E-state index in [1.54, 1.807) is 19.5 Å². The molecule has 4 heterocycles. The summed E-state index contributed by atoms with van der Waals surface area (Å²) in [6.45, 7) is 2.00. The van der Waals surface area contributed by atoms with Crippen molar-refractivity contribution in [3.05, 3.63) is 29.7 Å². The van der Waals surface area contributed by atoms with Gasteiger partial charge in [-0.05, 0) is 30.5 Å². The molecule has 3 fully saturated rings. The summed E-state index contributed by atoms with van der Waals surface area (Å²) in [6.07, 6.45) is 7.37. The van der Waals surface area contributed by atoms with Crippen LogP contribution in [-0.2, 0) is 4.79 Å². The normalized spacial score (nSPS) is 21.7. The third-order valence-corrected chi connectivity index (χ3v) is 3.73. The number of Topliss-reactive ketones (excluding diaryl/α,β-unsaturated/α-hetero) is 1. The summed E-state index contributed by atoms with van der Waals surface area (Å²) in [5, 5.41) is 0. The molecular formula is C14H16N2O2. The zero-order valence-electron chi connectivity index (χ0n) is 10.4. The number of hydrogen-bond acceptors (Lipinski definition) is 4. The number of carbonyl (C=O) groups is 1. The Morgan fingerprint density at radius 2 is 2.17 bits per heavy atom. The number of carbonyl (C=O) groups excluding carboxylic acids is 1. The molecule has 3 saturated heterocycles. The van der Waals surface area contributed by atoms with Crippen molar-refractivity contribution < 1.29 is 9.53 Å². The first-order valence-corrected chi connectivity index (χ1v) is 6.28. The largest absolute Gasteiger partial charge is 0.495 e. The highest BCUT2D eigenvalue weighted by Gasteiger charge is 2.36. The van der Waals surface area contributed by atoms with Crippen LogP contribution in [0.2, 0.25) is 0 Å². The Labute approximate surface area is 106 Å². The van der Waals surface area contributed by atoms with Gasteiger partial charge >= 0.3 is 0 Å². The maximum atomic E-state index is 12.2. The number of ketones is 1. The van der Waals surface area contributed by atoms with Crippen LogP contribution in [0.15, 0.2) is 24.2 Å². The van der Waals surface area contributed by atoms with Gasteiger partial charge in [0.25, 0.3) is 0 Å². The first-order chi connectivity index (χ1) is 8.78. The monoisotopic (exact) mass is 244 g/mol. The molecule has 3 aliphatic rings. The summed E-state index contributed by atoms with van der Waals surface area (Å²) in [4.78, 5) is 18.5. The highest BCUT2D eigenvalue weighted by Crippen LogP contribution is 2.32. The molecular weight excluding hydrogens is 228 g/mol. The lowest BCUT2D eigenvalue weighted by molar-refractivity contribution is -0.125. The molecule has 18 heavy (non-hydrogen) atoms. The van der Waals surface area contributed by atoms with Crippen molar-refractivity contribution in [2.45, 2.75) is 12.8 Å². The van der Waals surface area contributed by atoms with Crippen LogP contribution in [0.25, 0.3) is 6.08 Å². The van der Waals surface area contributed by atoms with E-state index in [2.05, 4.69) is 9.88 Å². The molecule has 4 rings (SSSR count). The zero-order valence-corrected chi connectivity index (χ0v) is 10.4. The van der Waals surface area contributed by atoms with Gasteiger partial charge in [0.1, 0.15) is 5.75 Å². The predicted octanol–water partition coefficient (Wildman–Crippen LogP) is 1.73. The SMILES string of the molecule is COc1cncc(C=C2C(=O)C3CCN2CC3)c1. The second-order valence-electron chi connectivity index (χ2n) is 4.81. The van der Waals surface area contributed by atoms with Gasteiger partial charge in [0.15, 0.2) is 5.78 Å². The second-order valence-corrected chi connectivity index (χ2v) is 4.81. The van der Waals surface area contributed by atoms with Gasteiger partial charge in [-0.3, -0.25) is 9.78 Å². The first kappa shape index (κ1) is 11.3. The van der Waals surface area contributed by atoms with Crippen LogP contribution in [0.1, 0.15) is 18.4 Å². The molecule has 0 spiro atoms. The number of nitrogens with zero attached hydrogens (tertiary/aromatic N) is 2. The Hall–Kier alpha value is -1.84. The average molecular weight is 244 g/mol. The lowest BCUT2D eigenvalue weighted by Gasteiger charge is -2.41. The maximum absolute atomic E-state index is 12.2. The van der Waals surface area contributed by atoms with Crippen molar-refractivity contribution in [1.29, 1.82) is 0 Å². The molecule has 0 aromatic carbocycles. The molecule has 3 aliphatic heterocycles. The fourth-order valence-electron chi connectivity index (χ4n) is 2.69. The Morgan fingerprint density at radius 1 is 1.39 bits per heavy atom. The van der Waals surface area contributed by atoms with Gasteiger partial charge < -0.3 is 9.64 Å². The fraction of sp³-hybridized carbons (Fsp3) is 0.429. The summed E-state index contributed by atoms with van der Waals surface area (Å²) < 4.78 is 5.14. The molecule has 0 radical (unpaired) electrons.